The largest absolute Gasteiger partial charge is 0.273 e. The average molecular weight is 295 g/mol. The Morgan fingerprint density at radius 3 is 2.77 bits per heavy atom. The van der Waals surface area contributed by atoms with Gasteiger partial charge in [0.1, 0.15) is 5.83 Å². The predicted octanol–water partition coefficient (Wildman–Crippen LogP) is 4.45. The standard InChI is InChI=1S/C18H18FN3/c1-13(6-8-20-3)17(19)11-15-4-5-18(22-12-15)16-7-9-21-14(2)10-16/h4-10,12H,3,11H2,1-2H3/b8-6-,17-13+. The van der Waals surface area contributed by atoms with E-state index >= 15 is 0 Å². The zero-order valence-electron chi connectivity index (χ0n) is 12.8. The monoisotopic (exact) mass is 295 g/mol. The first-order valence-corrected chi connectivity index (χ1v) is 6.95. The van der Waals surface area contributed by atoms with E-state index in [1.54, 1.807) is 25.4 Å². The SMILES string of the molecule is C=N/C=C\C(C)=C(\F)Cc1ccc(-c2ccnc(C)c2)nc1. The van der Waals surface area contributed by atoms with Gasteiger partial charge in [-0.25, -0.2) is 4.39 Å². The maximum atomic E-state index is 14.0. The smallest absolute Gasteiger partial charge is 0.107 e. The fraction of sp³-hybridized carbons (Fsp3) is 0.167. The minimum absolute atomic E-state index is 0.200. The van der Waals surface area contributed by atoms with Crippen molar-refractivity contribution >= 4 is 6.72 Å². The molecule has 0 bridgehead atoms. The van der Waals surface area contributed by atoms with Crippen LogP contribution in [0.2, 0.25) is 0 Å². The number of aromatic nitrogens is 2. The third-order valence-electron chi connectivity index (χ3n) is 3.23. The number of hydrogen-bond acceptors (Lipinski definition) is 3. The molecule has 0 saturated carbocycles. The van der Waals surface area contributed by atoms with E-state index in [4.69, 9.17) is 0 Å². The Labute approximate surface area is 130 Å². The molecule has 0 aliphatic rings. The van der Waals surface area contributed by atoms with Gasteiger partial charge in [-0.05, 0) is 56.0 Å². The molecule has 2 rings (SSSR count). The molecule has 0 aromatic carbocycles. The number of nitrogens with zero attached hydrogens (tertiary/aromatic N) is 3. The molecule has 0 atom stereocenters. The van der Waals surface area contributed by atoms with Gasteiger partial charge in [-0.15, -0.1) is 0 Å². The van der Waals surface area contributed by atoms with E-state index in [2.05, 4.69) is 21.7 Å². The number of halogens is 1. The summed E-state index contributed by atoms with van der Waals surface area (Å²) in [5, 5.41) is 0. The number of aryl methyl sites for hydroxylation is 1. The van der Waals surface area contributed by atoms with Crippen molar-refractivity contribution in [1.29, 1.82) is 0 Å². The van der Waals surface area contributed by atoms with Crippen LogP contribution in [0.3, 0.4) is 0 Å². The van der Waals surface area contributed by atoms with Crippen LogP contribution in [0.1, 0.15) is 18.2 Å². The molecular formula is C18H18FN3. The minimum atomic E-state index is -0.200. The van der Waals surface area contributed by atoms with Gasteiger partial charge in [0.05, 0.1) is 5.69 Å². The van der Waals surface area contributed by atoms with Crippen LogP contribution in [0, 0.1) is 6.92 Å². The Bertz CT molecular complexity index is 715. The fourth-order valence-electron chi connectivity index (χ4n) is 1.98. The van der Waals surface area contributed by atoms with Crippen LogP contribution in [0.5, 0.6) is 0 Å². The van der Waals surface area contributed by atoms with Gasteiger partial charge < -0.3 is 0 Å². The van der Waals surface area contributed by atoms with E-state index in [0.717, 1.165) is 22.5 Å². The predicted molar refractivity (Wildman–Crippen MR) is 88.4 cm³/mol. The zero-order valence-corrected chi connectivity index (χ0v) is 12.8. The number of allylic oxidation sites excluding steroid dienone is 3. The quantitative estimate of drug-likeness (QED) is 0.603. The molecule has 0 amide bonds. The van der Waals surface area contributed by atoms with Crippen LogP contribution in [0.25, 0.3) is 11.3 Å². The second-order valence-corrected chi connectivity index (χ2v) is 5.00. The molecule has 0 aliphatic heterocycles. The van der Waals surface area contributed by atoms with Crippen molar-refractivity contribution < 1.29 is 4.39 Å². The maximum Gasteiger partial charge on any atom is 0.107 e. The van der Waals surface area contributed by atoms with E-state index in [1.165, 1.54) is 6.20 Å². The van der Waals surface area contributed by atoms with Crippen LogP contribution in [0.4, 0.5) is 4.39 Å². The van der Waals surface area contributed by atoms with Crippen molar-refractivity contribution in [2.45, 2.75) is 20.3 Å². The first kappa shape index (κ1) is 15.8. The summed E-state index contributed by atoms with van der Waals surface area (Å²) in [6, 6.07) is 7.67. The molecule has 3 nitrogen and oxygen atoms in total. The Morgan fingerprint density at radius 2 is 2.14 bits per heavy atom. The van der Waals surface area contributed by atoms with E-state index < -0.39 is 0 Å². The first-order valence-electron chi connectivity index (χ1n) is 6.95. The minimum Gasteiger partial charge on any atom is -0.273 e. The maximum absolute atomic E-state index is 14.0. The van der Waals surface area contributed by atoms with Gasteiger partial charge in [-0.3, -0.25) is 15.0 Å². The van der Waals surface area contributed by atoms with E-state index in [-0.39, 0.29) is 12.2 Å². The Kier molecular flexibility index (Phi) is 5.31. The van der Waals surface area contributed by atoms with Crippen molar-refractivity contribution in [2.24, 2.45) is 4.99 Å². The number of aliphatic imine (C=N–C) groups is 1. The van der Waals surface area contributed by atoms with Gasteiger partial charge in [-0.2, -0.15) is 0 Å². The molecule has 0 saturated heterocycles. The van der Waals surface area contributed by atoms with Crippen LogP contribution < -0.4 is 0 Å². The highest BCUT2D eigenvalue weighted by atomic mass is 19.1. The van der Waals surface area contributed by atoms with Gasteiger partial charge in [0, 0.05) is 36.3 Å². The number of hydrogen-bond donors (Lipinski definition) is 0. The van der Waals surface area contributed by atoms with Gasteiger partial charge in [0.25, 0.3) is 0 Å². The summed E-state index contributed by atoms with van der Waals surface area (Å²) in [6.07, 6.45) is 6.75. The molecule has 22 heavy (non-hydrogen) atoms. The number of pyridine rings is 2. The van der Waals surface area contributed by atoms with Crippen molar-refractivity contribution in [3.8, 4) is 11.3 Å². The molecule has 112 valence electrons. The molecule has 0 fully saturated rings. The van der Waals surface area contributed by atoms with E-state index in [9.17, 15) is 4.39 Å². The summed E-state index contributed by atoms with van der Waals surface area (Å²) in [4.78, 5) is 12.1. The van der Waals surface area contributed by atoms with Crippen LogP contribution >= 0.6 is 0 Å². The average Bonchev–Trinajstić information content (AvgIpc) is 2.53. The van der Waals surface area contributed by atoms with Crippen molar-refractivity contribution in [3.63, 3.8) is 0 Å². The topological polar surface area (TPSA) is 38.1 Å². The second kappa shape index (κ2) is 7.41. The van der Waals surface area contributed by atoms with Gasteiger partial charge >= 0.3 is 0 Å². The van der Waals surface area contributed by atoms with Crippen molar-refractivity contribution in [2.75, 3.05) is 0 Å². The van der Waals surface area contributed by atoms with Crippen molar-refractivity contribution in [3.05, 3.63) is 71.6 Å². The molecule has 0 N–H and O–H groups in total. The molecular weight excluding hydrogens is 277 g/mol. The molecule has 4 heteroatoms. The fourth-order valence-corrected chi connectivity index (χ4v) is 1.98. The highest BCUT2D eigenvalue weighted by molar-refractivity contribution is 5.59. The summed E-state index contributed by atoms with van der Waals surface area (Å²) in [5.41, 5.74) is 4.17. The van der Waals surface area contributed by atoms with E-state index in [1.807, 2.05) is 31.2 Å². The summed E-state index contributed by atoms with van der Waals surface area (Å²) < 4.78 is 14.0. The van der Waals surface area contributed by atoms with Crippen LogP contribution in [-0.4, -0.2) is 16.7 Å². The van der Waals surface area contributed by atoms with E-state index in [0.29, 0.717) is 5.57 Å². The second-order valence-electron chi connectivity index (χ2n) is 5.00. The molecule has 2 aromatic heterocycles. The van der Waals surface area contributed by atoms with Crippen molar-refractivity contribution in [1.82, 2.24) is 9.97 Å². The third kappa shape index (κ3) is 4.19. The Balaban J connectivity index is 2.16. The number of rotatable bonds is 5. The lowest BCUT2D eigenvalue weighted by Gasteiger charge is -2.04. The highest BCUT2D eigenvalue weighted by Crippen LogP contribution is 2.19. The molecule has 2 heterocycles. The zero-order chi connectivity index (χ0) is 15.9. The van der Waals surface area contributed by atoms with Gasteiger partial charge in [-0.1, -0.05) is 6.07 Å². The Morgan fingerprint density at radius 1 is 1.32 bits per heavy atom. The summed E-state index contributed by atoms with van der Waals surface area (Å²) in [5.74, 6) is -0.200. The normalized spacial score (nSPS) is 12.3. The first-order chi connectivity index (χ1) is 10.6. The molecule has 0 aliphatic carbocycles. The molecule has 0 spiro atoms. The molecule has 2 aromatic rings. The summed E-state index contributed by atoms with van der Waals surface area (Å²) >= 11 is 0. The summed E-state index contributed by atoms with van der Waals surface area (Å²) in [7, 11) is 0. The van der Waals surface area contributed by atoms with Gasteiger partial charge in [0.15, 0.2) is 0 Å². The third-order valence-corrected chi connectivity index (χ3v) is 3.23. The van der Waals surface area contributed by atoms with Gasteiger partial charge in [0.2, 0.25) is 0 Å². The lowest BCUT2D eigenvalue weighted by atomic mass is 10.1. The van der Waals surface area contributed by atoms with Crippen LogP contribution in [-0.2, 0) is 6.42 Å². The molecule has 0 unspecified atom stereocenters. The lowest BCUT2D eigenvalue weighted by Crippen LogP contribution is -1.92. The Hall–Kier alpha value is -2.62. The molecule has 0 radical (unpaired) electrons. The summed E-state index contributed by atoms with van der Waals surface area (Å²) in [6.45, 7) is 6.97. The highest BCUT2D eigenvalue weighted by Gasteiger charge is 2.04. The lowest BCUT2D eigenvalue weighted by molar-refractivity contribution is 0.603. The van der Waals surface area contributed by atoms with Crippen LogP contribution in [0.15, 0.2) is 65.3 Å².